The summed E-state index contributed by atoms with van der Waals surface area (Å²) < 4.78 is 5.57. The van der Waals surface area contributed by atoms with E-state index < -0.39 is 6.04 Å². The Labute approximate surface area is 185 Å². The van der Waals surface area contributed by atoms with Crippen molar-refractivity contribution in [1.82, 2.24) is 10.2 Å². The molecular weight excluding hydrogens is 435 g/mol. The lowest BCUT2D eigenvalue weighted by atomic mass is 10.1. The van der Waals surface area contributed by atoms with Gasteiger partial charge in [0.05, 0.1) is 0 Å². The minimum Gasteiger partial charge on any atom is -0.484 e. The van der Waals surface area contributed by atoms with Gasteiger partial charge in [-0.25, -0.2) is 0 Å². The van der Waals surface area contributed by atoms with Crippen molar-refractivity contribution >= 4 is 46.6 Å². The summed E-state index contributed by atoms with van der Waals surface area (Å²) in [5.74, 6) is -0.201. The third-order valence-electron chi connectivity index (χ3n) is 4.15. The Kier molecular flexibility index (Phi) is 8.62. The van der Waals surface area contributed by atoms with Gasteiger partial charge in [-0.15, -0.1) is 0 Å². The van der Waals surface area contributed by atoms with E-state index in [-0.39, 0.29) is 31.0 Å². The second kappa shape index (κ2) is 10.7. The smallest absolute Gasteiger partial charge is 0.261 e. The Balaban J connectivity index is 2.22. The lowest BCUT2D eigenvalue weighted by Crippen LogP contribution is -2.50. The second-order valence-electron chi connectivity index (χ2n) is 6.81. The number of nitrogens with zero attached hydrogens (tertiary/aromatic N) is 1. The third kappa shape index (κ3) is 6.81. The molecule has 2 amide bonds. The van der Waals surface area contributed by atoms with Gasteiger partial charge < -0.3 is 15.0 Å². The topological polar surface area (TPSA) is 58.6 Å². The molecule has 2 aromatic carbocycles. The molecule has 0 fully saturated rings. The van der Waals surface area contributed by atoms with Gasteiger partial charge in [0.15, 0.2) is 6.61 Å². The highest BCUT2D eigenvalue weighted by atomic mass is 35.5. The molecule has 1 atom stereocenters. The highest BCUT2D eigenvalue weighted by Gasteiger charge is 2.28. The standard InChI is InChI=1S/C21H23Cl3N2O3/c1-13(2)25-21(28)14(3)26(11-17-18(23)8-5-9-19(17)24)20(27)12-29-16-7-4-6-15(22)10-16/h4-10,13-14H,11-12H2,1-3H3,(H,25,28)/t14-/m0/s1. The number of amides is 2. The van der Waals surface area contributed by atoms with Gasteiger partial charge >= 0.3 is 0 Å². The van der Waals surface area contributed by atoms with E-state index in [0.717, 1.165) is 0 Å². The van der Waals surface area contributed by atoms with Gasteiger partial charge in [0, 0.05) is 33.2 Å². The molecule has 2 rings (SSSR count). The molecule has 0 heterocycles. The molecule has 2 aromatic rings. The minimum atomic E-state index is -0.750. The first-order valence-corrected chi connectivity index (χ1v) is 10.2. The van der Waals surface area contributed by atoms with E-state index >= 15 is 0 Å². The van der Waals surface area contributed by atoms with E-state index in [4.69, 9.17) is 39.5 Å². The quantitative estimate of drug-likeness (QED) is 0.609. The first-order chi connectivity index (χ1) is 13.7. The van der Waals surface area contributed by atoms with E-state index in [9.17, 15) is 9.59 Å². The molecule has 0 aliphatic heterocycles. The highest BCUT2D eigenvalue weighted by Crippen LogP contribution is 2.26. The van der Waals surface area contributed by atoms with Gasteiger partial charge in [-0.1, -0.05) is 46.9 Å². The van der Waals surface area contributed by atoms with E-state index in [0.29, 0.717) is 26.4 Å². The molecule has 8 heteroatoms. The lowest BCUT2D eigenvalue weighted by Gasteiger charge is -2.30. The van der Waals surface area contributed by atoms with Crippen LogP contribution in [0.3, 0.4) is 0 Å². The molecule has 0 aliphatic carbocycles. The van der Waals surface area contributed by atoms with Crippen molar-refractivity contribution < 1.29 is 14.3 Å². The average Bonchev–Trinajstić information content (AvgIpc) is 2.65. The van der Waals surface area contributed by atoms with Crippen LogP contribution in [-0.4, -0.2) is 35.4 Å². The van der Waals surface area contributed by atoms with Crippen LogP contribution in [0.15, 0.2) is 42.5 Å². The van der Waals surface area contributed by atoms with Gasteiger partial charge in [0.25, 0.3) is 5.91 Å². The third-order valence-corrected chi connectivity index (χ3v) is 5.09. The molecule has 0 spiro atoms. The number of hydrogen-bond acceptors (Lipinski definition) is 3. The van der Waals surface area contributed by atoms with Crippen LogP contribution in [0.1, 0.15) is 26.3 Å². The summed E-state index contributed by atoms with van der Waals surface area (Å²) in [5.41, 5.74) is 0.566. The van der Waals surface area contributed by atoms with Gasteiger partial charge in [-0.05, 0) is 51.1 Å². The van der Waals surface area contributed by atoms with Crippen LogP contribution in [0, 0.1) is 0 Å². The maximum Gasteiger partial charge on any atom is 0.261 e. The molecular formula is C21H23Cl3N2O3. The Morgan fingerprint density at radius 3 is 2.24 bits per heavy atom. The van der Waals surface area contributed by atoms with E-state index in [2.05, 4.69) is 5.32 Å². The highest BCUT2D eigenvalue weighted by molar-refractivity contribution is 6.36. The summed E-state index contributed by atoms with van der Waals surface area (Å²) >= 11 is 18.5. The predicted octanol–water partition coefficient (Wildman–Crippen LogP) is 4.97. The maximum absolute atomic E-state index is 13.0. The van der Waals surface area contributed by atoms with Crippen LogP contribution >= 0.6 is 34.8 Å². The van der Waals surface area contributed by atoms with Crippen LogP contribution in [0.4, 0.5) is 0 Å². The van der Waals surface area contributed by atoms with Crippen molar-refractivity contribution in [1.29, 1.82) is 0 Å². The Bertz CT molecular complexity index is 854. The minimum absolute atomic E-state index is 0.0616. The summed E-state index contributed by atoms with van der Waals surface area (Å²) in [5, 5.41) is 4.15. The normalized spacial score (nSPS) is 11.8. The first-order valence-electron chi connectivity index (χ1n) is 9.10. The molecule has 0 saturated carbocycles. The van der Waals surface area contributed by atoms with Crippen molar-refractivity contribution in [2.24, 2.45) is 0 Å². The number of nitrogens with one attached hydrogen (secondary N) is 1. The van der Waals surface area contributed by atoms with Crippen LogP contribution in [0.25, 0.3) is 0 Å². The van der Waals surface area contributed by atoms with Gasteiger partial charge in [-0.3, -0.25) is 9.59 Å². The van der Waals surface area contributed by atoms with Crippen molar-refractivity contribution in [2.75, 3.05) is 6.61 Å². The van der Waals surface area contributed by atoms with Crippen LogP contribution in [0.5, 0.6) is 5.75 Å². The predicted molar refractivity (Wildman–Crippen MR) is 117 cm³/mol. The molecule has 156 valence electrons. The maximum atomic E-state index is 13.0. The lowest BCUT2D eigenvalue weighted by molar-refractivity contribution is -0.142. The second-order valence-corrected chi connectivity index (χ2v) is 8.06. The zero-order valence-corrected chi connectivity index (χ0v) is 18.7. The number of carbonyl (C=O) groups excluding carboxylic acids is 2. The van der Waals surface area contributed by atoms with E-state index in [1.165, 1.54) is 4.90 Å². The summed E-state index contributed by atoms with van der Waals surface area (Å²) in [4.78, 5) is 26.9. The number of carbonyl (C=O) groups is 2. The molecule has 0 bridgehead atoms. The first kappa shape index (κ1) is 23.3. The zero-order chi connectivity index (χ0) is 21.6. The Morgan fingerprint density at radius 2 is 1.66 bits per heavy atom. The summed E-state index contributed by atoms with van der Waals surface area (Å²) in [6, 6.07) is 11.0. The summed E-state index contributed by atoms with van der Waals surface area (Å²) in [6.45, 7) is 5.17. The molecule has 0 unspecified atom stereocenters. The Hall–Kier alpha value is -1.95. The number of ether oxygens (including phenoxy) is 1. The zero-order valence-electron chi connectivity index (χ0n) is 16.4. The van der Waals surface area contributed by atoms with Gasteiger partial charge in [0.2, 0.25) is 5.91 Å². The van der Waals surface area contributed by atoms with Gasteiger partial charge in [0.1, 0.15) is 11.8 Å². The van der Waals surface area contributed by atoms with E-state index in [1.54, 1.807) is 49.4 Å². The molecule has 0 saturated heterocycles. The number of benzene rings is 2. The summed E-state index contributed by atoms with van der Waals surface area (Å²) in [7, 11) is 0. The SMILES string of the molecule is CC(C)NC(=O)[C@H](C)N(Cc1c(Cl)cccc1Cl)C(=O)COc1cccc(Cl)c1. The molecule has 0 radical (unpaired) electrons. The van der Waals surface area contributed by atoms with Crippen molar-refractivity contribution in [3.05, 3.63) is 63.1 Å². The number of rotatable bonds is 8. The Morgan fingerprint density at radius 1 is 1.03 bits per heavy atom. The largest absolute Gasteiger partial charge is 0.484 e. The number of hydrogen-bond donors (Lipinski definition) is 1. The summed E-state index contributed by atoms with van der Waals surface area (Å²) in [6.07, 6.45) is 0. The molecule has 1 N–H and O–H groups in total. The fourth-order valence-corrected chi connectivity index (χ4v) is 3.32. The molecule has 0 aromatic heterocycles. The van der Waals surface area contributed by atoms with Crippen molar-refractivity contribution in [2.45, 2.75) is 39.4 Å². The molecule has 29 heavy (non-hydrogen) atoms. The fraction of sp³-hybridized carbons (Fsp3) is 0.333. The van der Waals surface area contributed by atoms with Crippen LogP contribution in [0.2, 0.25) is 15.1 Å². The number of halogens is 3. The molecule has 5 nitrogen and oxygen atoms in total. The van der Waals surface area contributed by atoms with Crippen LogP contribution < -0.4 is 10.1 Å². The molecule has 0 aliphatic rings. The van der Waals surface area contributed by atoms with Gasteiger partial charge in [-0.2, -0.15) is 0 Å². The van der Waals surface area contributed by atoms with E-state index in [1.807, 2.05) is 13.8 Å². The van der Waals surface area contributed by atoms with Crippen molar-refractivity contribution in [3.8, 4) is 5.75 Å². The van der Waals surface area contributed by atoms with Crippen molar-refractivity contribution in [3.63, 3.8) is 0 Å². The fourth-order valence-electron chi connectivity index (χ4n) is 2.63. The average molecular weight is 458 g/mol. The van der Waals surface area contributed by atoms with Crippen LogP contribution in [-0.2, 0) is 16.1 Å². The monoisotopic (exact) mass is 456 g/mol.